The quantitative estimate of drug-likeness (QED) is 0.350. The fourth-order valence-corrected chi connectivity index (χ4v) is 4.57. The molecule has 0 saturated carbocycles. The summed E-state index contributed by atoms with van der Waals surface area (Å²) >= 11 is 5.22. The molecule has 0 aliphatic carbocycles. The maximum absolute atomic E-state index is 6.09. The zero-order valence-electron chi connectivity index (χ0n) is 16.8. The number of para-hydroxylation sites is 1. The first-order chi connectivity index (χ1) is 15.2. The van der Waals surface area contributed by atoms with E-state index in [9.17, 15) is 0 Å². The van der Waals surface area contributed by atoms with Crippen LogP contribution >= 0.6 is 12.2 Å². The van der Waals surface area contributed by atoms with E-state index < -0.39 is 0 Å². The molecule has 0 fully saturated rings. The third kappa shape index (κ3) is 3.25. The monoisotopic (exact) mass is 424 g/mol. The zero-order valence-corrected chi connectivity index (χ0v) is 17.6. The van der Waals surface area contributed by atoms with Crippen LogP contribution in [0.4, 0.5) is 5.69 Å². The van der Waals surface area contributed by atoms with Crippen molar-refractivity contribution in [2.45, 2.75) is 6.54 Å². The van der Waals surface area contributed by atoms with Crippen LogP contribution in [0.5, 0.6) is 5.75 Å². The standard InChI is InChI=1S/C25H20N4OS/c31-25-27-21-7-5-17(14-22(21)28-25)16-6-8-24-18(13-16)15-29(11-12-30-24)23-9-10-26-20-4-2-1-3-19(20)23/h1-10,13-14H,11-12,15H2,(H2,27,28,31). The molecule has 31 heavy (non-hydrogen) atoms. The van der Waals surface area contributed by atoms with Gasteiger partial charge in [0.2, 0.25) is 0 Å². The van der Waals surface area contributed by atoms with E-state index in [1.165, 1.54) is 11.3 Å². The Labute approximate surface area is 184 Å². The molecule has 5 nitrogen and oxygen atoms in total. The third-order valence-corrected chi connectivity index (χ3v) is 6.06. The predicted octanol–water partition coefficient (Wildman–Crippen LogP) is 5.84. The number of aromatic nitrogens is 3. The molecule has 1 aliphatic heterocycles. The largest absolute Gasteiger partial charge is 0.491 e. The van der Waals surface area contributed by atoms with Crippen molar-refractivity contribution in [1.29, 1.82) is 0 Å². The first kappa shape index (κ1) is 18.2. The van der Waals surface area contributed by atoms with Gasteiger partial charge in [0.25, 0.3) is 0 Å². The maximum atomic E-state index is 6.09. The molecule has 0 amide bonds. The third-order valence-electron chi connectivity index (χ3n) is 5.86. The molecule has 0 saturated heterocycles. The number of fused-ring (bicyclic) bond motifs is 3. The lowest BCUT2D eigenvalue weighted by molar-refractivity contribution is 0.332. The van der Waals surface area contributed by atoms with Gasteiger partial charge in [0.05, 0.1) is 23.1 Å². The second-order valence-electron chi connectivity index (χ2n) is 7.78. The van der Waals surface area contributed by atoms with Gasteiger partial charge in [0.1, 0.15) is 12.4 Å². The van der Waals surface area contributed by atoms with Gasteiger partial charge in [-0.3, -0.25) is 4.98 Å². The number of nitrogens with one attached hydrogen (secondary N) is 2. The molecule has 2 aromatic heterocycles. The van der Waals surface area contributed by atoms with E-state index in [0.717, 1.165) is 51.9 Å². The fraction of sp³-hybridized carbons (Fsp3) is 0.120. The lowest BCUT2D eigenvalue weighted by Crippen LogP contribution is -2.25. The number of rotatable bonds is 2. The second-order valence-corrected chi connectivity index (χ2v) is 8.19. The Morgan fingerprint density at radius 3 is 2.71 bits per heavy atom. The number of imidazole rings is 1. The number of hydrogen-bond acceptors (Lipinski definition) is 4. The van der Waals surface area contributed by atoms with Crippen LogP contribution in [0.2, 0.25) is 0 Å². The van der Waals surface area contributed by atoms with Crippen molar-refractivity contribution in [2.24, 2.45) is 0 Å². The fourth-order valence-electron chi connectivity index (χ4n) is 4.35. The van der Waals surface area contributed by atoms with Crippen LogP contribution in [0.25, 0.3) is 33.1 Å². The molecule has 0 atom stereocenters. The highest BCUT2D eigenvalue weighted by atomic mass is 32.1. The molecule has 1 aliphatic rings. The van der Waals surface area contributed by atoms with Crippen molar-refractivity contribution in [2.75, 3.05) is 18.1 Å². The van der Waals surface area contributed by atoms with Gasteiger partial charge in [0.15, 0.2) is 4.77 Å². The molecule has 5 aromatic rings. The summed E-state index contributed by atoms with van der Waals surface area (Å²) in [6.07, 6.45) is 1.89. The highest BCUT2D eigenvalue weighted by Crippen LogP contribution is 2.33. The predicted molar refractivity (Wildman–Crippen MR) is 127 cm³/mol. The minimum absolute atomic E-state index is 0.641. The Morgan fingerprint density at radius 1 is 0.903 bits per heavy atom. The van der Waals surface area contributed by atoms with Crippen LogP contribution in [0.15, 0.2) is 72.9 Å². The van der Waals surface area contributed by atoms with Gasteiger partial charge in [-0.15, -0.1) is 0 Å². The van der Waals surface area contributed by atoms with Gasteiger partial charge in [-0.25, -0.2) is 0 Å². The molecular formula is C25H20N4OS. The van der Waals surface area contributed by atoms with Crippen LogP contribution in [0, 0.1) is 4.77 Å². The van der Waals surface area contributed by atoms with E-state index in [-0.39, 0.29) is 0 Å². The molecule has 6 heteroatoms. The van der Waals surface area contributed by atoms with Crippen LogP contribution in [0.1, 0.15) is 5.56 Å². The number of hydrogen-bond donors (Lipinski definition) is 2. The van der Waals surface area contributed by atoms with Crippen molar-refractivity contribution >= 4 is 39.8 Å². The minimum Gasteiger partial charge on any atom is -0.491 e. The van der Waals surface area contributed by atoms with Crippen molar-refractivity contribution in [3.63, 3.8) is 0 Å². The number of nitrogens with zero attached hydrogens (tertiary/aromatic N) is 2. The Hall–Kier alpha value is -3.64. The summed E-state index contributed by atoms with van der Waals surface area (Å²) in [7, 11) is 0. The van der Waals surface area contributed by atoms with E-state index in [2.05, 4.69) is 80.5 Å². The molecular weight excluding hydrogens is 404 g/mol. The van der Waals surface area contributed by atoms with Crippen molar-refractivity contribution < 1.29 is 4.74 Å². The number of ether oxygens (including phenoxy) is 1. The average Bonchev–Trinajstić information content (AvgIpc) is 3.04. The lowest BCUT2D eigenvalue weighted by Gasteiger charge is -2.23. The molecule has 0 bridgehead atoms. The number of pyridine rings is 1. The second kappa shape index (κ2) is 7.25. The summed E-state index contributed by atoms with van der Waals surface area (Å²) in [5, 5.41) is 1.16. The SMILES string of the molecule is S=c1[nH]c2ccc(-c3ccc4c(c3)CN(c3ccnc5ccccc35)CCO4)cc2[nH]1. The average molecular weight is 425 g/mol. The summed E-state index contributed by atoms with van der Waals surface area (Å²) in [5.41, 5.74) is 7.71. The molecule has 152 valence electrons. The summed E-state index contributed by atoms with van der Waals surface area (Å²) < 4.78 is 6.74. The van der Waals surface area contributed by atoms with E-state index >= 15 is 0 Å². The maximum Gasteiger partial charge on any atom is 0.175 e. The smallest absolute Gasteiger partial charge is 0.175 e. The van der Waals surface area contributed by atoms with Gasteiger partial charge < -0.3 is 19.6 Å². The van der Waals surface area contributed by atoms with Gasteiger partial charge in [-0.1, -0.05) is 30.3 Å². The van der Waals surface area contributed by atoms with Crippen LogP contribution in [-0.4, -0.2) is 28.1 Å². The summed E-state index contributed by atoms with van der Waals surface area (Å²) in [5.74, 6) is 0.951. The molecule has 0 radical (unpaired) electrons. The number of anilines is 1. The van der Waals surface area contributed by atoms with E-state index in [1.807, 2.05) is 12.3 Å². The Bertz CT molecular complexity index is 1480. The zero-order chi connectivity index (χ0) is 20.8. The van der Waals surface area contributed by atoms with Crippen LogP contribution in [0.3, 0.4) is 0 Å². The van der Waals surface area contributed by atoms with Gasteiger partial charge >= 0.3 is 0 Å². The number of benzene rings is 3. The van der Waals surface area contributed by atoms with Crippen molar-refractivity contribution in [3.8, 4) is 16.9 Å². The van der Waals surface area contributed by atoms with Gasteiger partial charge in [-0.2, -0.15) is 0 Å². The highest BCUT2D eigenvalue weighted by Gasteiger charge is 2.18. The Morgan fingerprint density at radius 2 is 1.74 bits per heavy atom. The first-order valence-corrected chi connectivity index (χ1v) is 10.7. The molecule has 3 heterocycles. The Balaban J connectivity index is 1.40. The minimum atomic E-state index is 0.641. The Kier molecular flexibility index (Phi) is 4.25. The highest BCUT2D eigenvalue weighted by molar-refractivity contribution is 7.71. The van der Waals surface area contributed by atoms with Gasteiger partial charge in [0, 0.05) is 29.4 Å². The summed E-state index contributed by atoms with van der Waals surface area (Å²) in [6, 6.07) is 23.1. The van der Waals surface area contributed by atoms with E-state index in [1.54, 1.807) is 0 Å². The van der Waals surface area contributed by atoms with E-state index in [4.69, 9.17) is 17.0 Å². The molecule has 2 N–H and O–H groups in total. The molecule has 0 spiro atoms. The summed E-state index contributed by atoms with van der Waals surface area (Å²) in [6.45, 7) is 2.25. The molecule has 6 rings (SSSR count). The van der Waals surface area contributed by atoms with Crippen LogP contribution < -0.4 is 9.64 Å². The normalized spacial score (nSPS) is 13.7. The number of aromatic amines is 2. The topological polar surface area (TPSA) is 56.9 Å². The van der Waals surface area contributed by atoms with Crippen molar-refractivity contribution in [1.82, 2.24) is 15.0 Å². The lowest BCUT2D eigenvalue weighted by atomic mass is 10.0. The molecule has 0 unspecified atom stereocenters. The molecule has 3 aromatic carbocycles. The first-order valence-electron chi connectivity index (χ1n) is 10.3. The number of H-pyrrole nitrogens is 2. The van der Waals surface area contributed by atoms with E-state index in [0.29, 0.717) is 11.4 Å². The summed E-state index contributed by atoms with van der Waals surface area (Å²) in [4.78, 5) is 13.3. The van der Waals surface area contributed by atoms with Crippen LogP contribution in [-0.2, 0) is 6.54 Å². The van der Waals surface area contributed by atoms with Gasteiger partial charge in [-0.05, 0) is 59.7 Å². The van der Waals surface area contributed by atoms with Crippen molar-refractivity contribution in [3.05, 3.63) is 83.3 Å².